The summed E-state index contributed by atoms with van der Waals surface area (Å²) < 4.78 is 5.72. The number of anilines is 1. The Labute approximate surface area is 107 Å². The Balaban J connectivity index is 1.68. The van der Waals surface area contributed by atoms with Gasteiger partial charge in [0.15, 0.2) is 5.82 Å². The standard InChI is InChI=1S/C12H21N5O/c1-9-8-17(6-5-13-9)12-14-11(15-16-12)10-4-2-3-7-18-10/h9-10,13H,2-8H2,1H3,(H,14,15,16)/t9-,10?/m0/s1. The number of hydrogen-bond acceptors (Lipinski definition) is 5. The van der Waals surface area contributed by atoms with Gasteiger partial charge in [-0.1, -0.05) is 0 Å². The van der Waals surface area contributed by atoms with Crippen LogP contribution in [0, 0.1) is 0 Å². The van der Waals surface area contributed by atoms with Gasteiger partial charge in [-0.25, -0.2) is 0 Å². The molecule has 0 saturated carbocycles. The van der Waals surface area contributed by atoms with Crippen LogP contribution in [0.2, 0.25) is 0 Å². The molecular formula is C12H21N5O. The highest BCUT2D eigenvalue weighted by molar-refractivity contribution is 5.30. The van der Waals surface area contributed by atoms with Crippen LogP contribution in [0.3, 0.4) is 0 Å². The van der Waals surface area contributed by atoms with Gasteiger partial charge in [-0.05, 0) is 26.2 Å². The normalized spacial score (nSPS) is 29.5. The van der Waals surface area contributed by atoms with Crippen molar-refractivity contribution in [2.45, 2.75) is 38.3 Å². The van der Waals surface area contributed by atoms with E-state index in [1.807, 2.05) is 0 Å². The molecule has 3 rings (SSSR count). The van der Waals surface area contributed by atoms with E-state index in [9.17, 15) is 0 Å². The Kier molecular flexibility index (Phi) is 3.47. The maximum atomic E-state index is 5.72. The van der Waals surface area contributed by atoms with Gasteiger partial charge in [0.2, 0.25) is 5.95 Å². The molecule has 100 valence electrons. The van der Waals surface area contributed by atoms with Gasteiger partial charge in [-0.2, -0.15) is 4.98 Å². The first kappa shape index (κ1) is 11.9. The third-order valence-corrected chi connectivity index (χ3v) is 3.63. The third kappa shape index (κ3) is 2.49. The molecule has 0 amide bonds. The molecule has 1 aromatic heterocycles. The molecule has 18 heavy (non-hydrogen) atoms. The van der Waals surface area contributed by atoms with Gasteiger partial charge < -0.3 is 15.0 Å². The van der Waals surface area contributed by atoms with Gasteiger partial charge in [-0.3, -0.25) is 5.10 Å². The summed E-state index contributed by atoms with van der Waals surface area (Å²) in [5.74, 6) is 1.70. The van der Waals surface area contributed by atoms with Crippen LogP contribution in [0.25, 0.3) is 0 Å². The quantitative estimate of drug-likeness (QED) is 0.815. The second kappa shape index (κ2) is 5.24. The van der Waals surface area contributed by atoms with Crippen LogP contribution in [-0.2, 0) is 4.74 Å². The SMILES string of the molecule is C[C@H]1CN(c2n[nH]c(C3CCCCO3)n2)CCN1. The summed E-state index contributed by atoms with van der Waals surface area (Å²) >= 11 is 0. The molecule has 1 aromatic rings. The molecule has 0 bridgehead atoms. The summed E-state index contributed by atoms with van der Waals surface area (Å²) in [7, 11) is 0. The molecule has 6 heteroatoms. The molecule has 0 spiro atoms. The summed E-state index contributed by atoms with van der Waals surface area (Å²) in [4.78, 5) is 6.82. The second-order valence-electron chi connectivity index (χ2n) is 5.18. The fraction of sp³-hybridized carbons (Fsp3) is 0.833. The van der Waals surface area contributed by atoms with Crippen molar-refractivity contribution in [3.8, 4) is 0 Å². The molecule has 3 heterocycles. The second-order valence-corrected chi connectivity index (χ2v) is 5.18. The molecular weight excluding hydrogens is 230 g/mol. The molecule has 2 aliphatic heterocycles. The highest BCUT2D eigenvalue weighted by atomic mass is 16.5. The van der Waals surface area contributed by atoms with E-state index in [1.54, 1.807) is 0 Å². The van der Waals surface area contributed by atoms with E-state index in [1.165, 1.54) is 6.42 Å². The van der Waals surface area contributed by atoms with Gasteiger partial charge in [0, 0.05) is 32.3 Å². The molecule has 0 aliphatic carbocycles. The van der Waals surface area contributed by atoms with Crippen molar-refractivity contribution in [2.75, 3.05) is 31.1 Å². The number of ether oxygens (including phenoxy) is 1. The van der Waals surface area contributed by atoms with E-state index in [0.717, 1.165) is 50.9 Å². The van der Waals surface area contributed by atoms with Gasteiger partial charge in [0.05, 0.1) is 0 Å². The lowest BCUT2D eigenvalue weighted by molar-refractivity contribution is 0.00969. The van der Waals surface area contributed by atoms with E-state index in [0.29, 0.717) is 6.04 Å². The first-order valence-corrected chi connectivity index (χ1v) is 6.85. The maximum absolute atomic E-state index is 5.72. The maximum Gasteiger partial charge on any atom is 0.244 e. The molecule has 2 atom stereocenters. The molecule has 1 unspecified atom stereocenters. The average molecular weight is 251 g/mol. The number of rotatable bonds is 2. The first-order valence-electron chi connectivity index (χ1n) is 6.85. The van der Waals surface area contributed by atoms with Crippen LogP contribution in [0.5, 0.6) is 0 Å². The zero-order valence-corrected chi connectivity index (χ0v) is 10.9. The first-order chi connectivity index (χ1) is 8.83. The molecule has 0 radical (unpaired) electrons. The van der Waals surface area contributed by atoms with E-state index in [2.05, 4.69) is 32.3 Å². The largest absolute Gasteiger partial charge is 0.370 e. The Hall–Kier alpha value is -1.14. The number of aromatic nitrogens is 3. The van der Waals surface area contributed by atoms with Crippen molar-refractivity contribution in [2.24, 2.45) is 0 Å². The van der Waals surface area contributed by atoms with Crippen molar-refractivity contribution >= 4 is 5.95 Å². The summed E-state index contributed by atoms with van der Waals surface area (Å²) in [5, 5.41) is 10.8. The van der Waals surface area contributed by atoms with Crippen molar-refractivity contribution in [1.82, 2.24) is 20.5 Å². The van der Waals surface area contributed by atoms with Crippen molar-refractivity contribution < 1.29 is 4.74 Å². The van der Waals surface area contributed by atoms with Gasteiger partial charge >= 0.3 is 0 Å². The lowest BCUT2D eigenvalue weighted by atomic mass is 10.1. The molecule has 0 aromatic carbocycles. The number of hydrogen-bond donors (Lipinski definition) is 2. The minimum absolute atomic E-state index is 0.111. The van der Waals surface area contributed by atoms with Crippen molar-refractivity contribution in [1.29, 1.82) is 0 Å². The monoisotopic (exact) mass is 251 g/mol. The minimum atomic E-state index is 0.111. The third-order valence-electron chi connectivity index (χ3n) is 3.63. The van der Waals surface area contributed by atoms with Gasteiger partial charge in [0.25, 0.3) is 0 Å². The Morgan fingerprint density at radius 2 is 2.33 bits per heavy atom. The fourth-order valence-corrected chi connectivity index (χ4v) is 2.62. The Morgan fingerprint density at radius 3 is 3.11 bits per heavy atom. The zero-order chi connectivity index (χ0) is 12.4. The number of aromatic amines is 1. The lowest BCUT2D eigenvalue weighted by Gasteiger charge is -2.30. The topological polar surface area (TPSA) is 66.1 Å². The predicted molar refractivity (Wildman–Crippen MR) is 68.6 cm³/mol. The molecule has 2 saturated heterocycles. The predicted octanol–water partition coefficient (Wildman–Crippen LogP) is 0.844. The van der Waals surface area contributed by atoms with Crippen LogP contribution in [0.4, 0.5) is 5.95 Å². The molecule has 2 aliphatic rings. The van der Waals surface area contributed by atoms with Crippen LogP contribution >= 0.6 is 0 Å². The summed E-state index contributed by atoms with van der Waals surface area (Å²) in [6, 6.07) is 0.492. The van der Waals surface area contributed by atoms with E-state index < -0.39 is 0 Å². The van der Waals surface area contributed by atoms with Gasteiger partial charge in [0.1, 0.15) is 6.10 Å². The summed E-state index contributed by atoms with van der Waals surface area (Å²) in [6.07, 6.45) is 3.53. The highest BCUT2D eigenvalue weighted by Gasteiger charge is 2.23. The Morgan fingerprint density at radius 1 is 1.39 bits per heavy atom. The lowest BCUT2D eigenvalue weighted by Crippen LogP contribution is -2.49. The minimum Gasteiger partial charge on any atom is -0.370 e. The summed E-state index contributed by atoms with van der Waals surface area (Å²) in [6.45, 7) is 5.94. The van der Waals surface area contributed by atoms with Crippen molar-refractivity contribution in [3.05, 3.63) is 5.82 Å². The van der Waals surface area contributed by atoms with Crippen molar-refractivity contribution in [3.63, 3.8) is 0 Å². The molecule has 2 N–H and O–H groups in total. The number of nitrogens with one attached hydrogen (secondary N) is 2. The smallest absolute Gasteiger partial charge is 0.244 e. The summed E-state index contributed by atoms with van der Waals surface area (Å²) in [5.41, 5.74) is 0. The van der Waals surface area contributed by atoms with Crippen LogP contribution in [0.1, 0.15) is 38.1 Å². The van der Waals surface area contributed by atoms with E-state index in [4.69, 9.17) is 4.74 Å². The van der Waals surface area contributed by atoms with Crippen LogP contribution < -0.4 is 10.2 Å². The van der Waals surface area contributed by atoms with Crippen LogP contribution in [-0.4, -0.2) is 47.5 Å². The van der Waals surface area contributed by atoms with E-state index in [-0.39, 0.29) is 6.10 Å². The fourth-order valence-electron chi connectivity index (χ4n) is 2.62. The van der Waals surface area contributed by atoms with E-state index >= 15 is 0 Å². The highest BCUT2D eigenvalue weighted by Crippen LogP contribution is 2.26. The average Bonchev–Trinajstić information content (AvgIpc) is 2.89. The number of H-pyrrole nitrogens is 1. The molecule has 2 fully saturated rings. The Bertz CT molecular complexity index is 388. The zero-order valence-electron chi connectivity index (χ0n) is 10.9. The number of piperazine rings is 1. The van der Waals surface area contributed by atoms with Crippen LogP contribution in [0.15, 0.2) is 0 Å². The number of nitrogens with zero attached hydrogens (tertiary/aromatic N) is 3. The van der Waals surface area contributed by atoms with Gasteiger partial charge in [-0.15, -0.1) is 5.10 Å². The molecule has 6 nitrogen and oxygen atoms in total.